The van der Waals surface area contributed by atoms with Crippen LogP contribution >= 0.6 is 0 Å². The average Bonchev–Trinajstić information content (AvgIpc) is 3.70. The first kappa shape index (κ1) is 26.5. The maximum atomic E-state index is 6.90. The van der Waals surface area contributed by atoms with Crippen molar-refractivity contribution >= 4 is 43.5 Å². The predicted octanol–water partition coefficient (Wildman–Crippen LogP) is 11.7. The van der Waals surface area contributed by atoms with Crippen LogP contribution in [0.1, 0.15) is 50.7 Å². The molecule has 8 rings (SSSR count). The van der Waals surface area contributed by atoms with Crippen molar-refractivity contribution in [3.8, 4) is 28.2 Å². The van der Waals surface area contributed by atoms with Gasteiger partial charge >= 0.3 is 0 Å². The van der Waals surface area contributed by atoms with Crippen molar-refractivity contribution in [2.45, 2.75) is 39.5 Å². The lowest BCUT2D eigenvalue weighted by atomic mass is 9.88. The molecule has 3 nitrogen and oxygen atoms in total. The Bertz CT molecular complexity index is 2310. The second kappa shape index (κ2) is 10.2. The normalized spacial score (nSPS) is 12.0. The van der Waals surface area contributed by atoms with Crippen molar-refractivity contribution in [3.63, 3.8) is 0 Å². The summed E-state index contributed by atoms with van der Waals surface area (Å²) in [6, 6.07) is 39.1. The number of nitrogens with zero attached hydrogens (tertiary/aromatic N) is 2. The number of hydrogen-bond acceptors (Lipinski definition) is 2. The van der Waals surface area contributed by atoms with Crippen LogP contribution < -0.4 is 0 Å². The molecule has 0 saturated heterocycles. The van der Waals surface area contributed by atoms with Crippen LogP contribution in [0, 0.1) is 0 Å². The van der Waals surface area contributed by atoms with Crippen LogP contribution in [-0.4, -0.2) is 9.55 Å². The van der Waals surface area contributed by atoms with E-state index in [0.29, 0.717) is 11.8 Å². The fraction of sp³-hybridized carbons (Fsp3) is 0.146. The fourth-order valence-electron chi connectivity index (χ4n) is 6.92. The van der Waals surface area contributed by atoms with Gasteiger partial charge in [0, 0.05) is 28.6 Å². The van der Waals surface area contributed by atoms with Crippen LogP contribution in [0.4, 0.5) is 0 Å². The van der Waals surface area contributed by atoms with E-state index in [0.717, 1.165) is 38.7 Å². The summed E-state index contributed by atoms with van der Waals surface area (Å²) in [7, 11) is 0. The van der Waals surface area contributed by atoms with Crippen molar-refractivity contribution in [2.75, 3.05) is 0 Å². The predicted molar refractivity (Wildman–Crippen MR) is 185 cm³/mol. The molecule has 44 heavy (non-hydrogen) atoms. The molecular formula is C41H34N2O. The first-order chi connectivity index (χ1) is 21.5. The van der Waals surface area contributed by atoms with Gasteiger partial charge < -0.3 is 4.42 Å². The van der Waals surface area contributed by atoms with Gasteiger partial charge in [-0.25, -0.2) is 4.98 Å². The molecule has 0 aliphatic carbocycles. The zero-order valence-electron chi connectivity index (χ0n) is 25.5. The number of furan rings is 1. The van der Waals surface area contributed by atoms with Gasteiger partial charge in [0.1, 0.15) is 17.0 Å². The van der Waals surface area contributed by atoms with Gasteiger partial charge in [-0.15, -0.1) is 0 Å². The van der Waals surface area contributed by atoms with E-state index in [9.17, 15) is 0 Å². The molecule has 0 N–H and O–H groups in total. The monoisotopic (exact) mass is 570 g/mol. The molecule has 6 aromatic carbocycles. The summed E-state index contributed by atoms with van der Waals surface area (Å²) < 4.78 is 9.19. The molecule has 0 aliphatic rings. The lowest BCUT2D eigenvalue weighted by Gasteiger charge is -2.23. The minimum atomic E-state index is 0.320. The Balaban J connectivity index is 1.42. The summed E-state index contributed by atoms with van der Waals surface area (Å²) in [5.41, 5.74) is 9.11. The summed E-state index contributed by atoms with van der Waals surface area (Å²) in [5, 5.41) is 7.06. The van der Waals surface area contributed by atoms with Gasteiger partial charge in [-0.2, -0.15) is 0 Å². The first-order valence-electron chi connectivity index (χ1n) is 15.5. The Hall–Kier alpha value is -5.15. The largest absolute Gasteiger partial charge is 0.455 e. The van der Waals surface area contributed by atoms with Crippen molar-refractivity contribution in [1.29, 1.82) is 0 Å². The third-order valence-electron chi connectivity index (χ3n) is 9.02. The molecule has 0 bridgehead atoms. The topological polar surface area (TPSA) is 31.0 Å². The average molecular weight is 571 g/mol. The lowest BCUT2D eigenvalue weighted by Crippen LogP contribution is -2.08. The number of imidazole rings is 1. The molecule has 0 amide bonds. The van der Waals surface area contributed by atoms with Crippen LogP contribution in [0.25, 0.3) is 71.7 Å². The molecule has 0 atom stereocenters. The smallest absolute Gasteiger partial charge is 0.148 e. The number of hydrogen-bond donors (Lipinski definition) is 0. The van der Waals surface area contributed by atoms with E-state index in [2.05, 4.69) is 148 Å². The molecule has 0 fully saturated rings. The second-order valence-electron chi connectivity index (χ2n) is 12.4. The van der Waals surface area contributed by atoms with Crippen molar-refractivity contribution < 1.29 is 4.42 Å². The molecule has 0 radical (unpaired) electrons. The minimum Gasteiger partial charge on any atom is -0.455 e. The molecule has 0 spiro atoms. The third kappa shape index (κ3) is 4.00. The van der Waals surface area contributed by atoms with Gasteiger partial charge in [0.2, 0.25) is 0 Å². The highest BCUT2D eigenvalue weighted by atomic mass is 16.3. The number of rotatable bonds is 5. The summed E-state index contributed by atoms with van der Waals surface area (Å²) in [5.74, 6) is 1.53. The number of para-hydroxylation sites is 1. The minimum absolute atomic E-state index is 0.320. The SMILES string of the molecule is CC(C)c1cc(-c2ccccc2)cc(C(C)C)c1-n1ccnc1-c1cccc2c1oc1c3ccccc3c3ccccc3c21. The zero-order valence-corrected chi connectivity index (χ0v) is 25.5. The van der Waals surface area contributed by atoms with Gasteiger partial charge in [-0.05, 0) is 68.4 Å². The highest BCUT2D eigenvalue weighted by molar-refractivity contribution is 6.30. The molecule has 0 unspecified atom stereocenters. The van der Waals surface area contributed by atoms with Crippen LogP contribution in [0.2, 0.25) is 0 Å². The Morgan fingerprint density at radius 1 is 0.568 bits per heavy atom. The van der Waals surface area contributed by atoms with E-state index >= 15 is 0 Å². The molecule has 8 aromatic rings. The first-order valence-corrected chi connectivity index (χ1v) is 15.5. The van der Waals surface area contributed by atoms with E-state index in [4.69, 9.17) is 9.40 Å². The maximum absolute atomic E-state index is 6.90. The maximum Gasteiger partial charge on any atom is 0.148 e. The second-order valence-corrected chi connectivity index (χ2v) is 12.4. The van der Waals surface area contributed by atoms with E-state index < -0.39 is 0 Å². The van der Waals surface area contributed by atoms with Crippen molar-refractivity contribution in [1.82, 2.24) is 9.55 Å². The fourth-order valence-corrected chi connectivity index (χ4v) is 6.92. The Morgan fingerprint density at radius 2 is 1.16 bits per heavy atom. The zero-order chi connectivity index (χ0) is 29.9. The van der Waals surface area contributed by atoms with Gasteiger partial charge in [0.15, 0.2) is 0 Å². The molecular weight excluding hydrogens is 536 g/mol. The summed E-state index contributed by atoms with van der Waals surface area (Å²) in [6.07, 6.45) is 4.03. The van der Waals surface area contributed by atoms with Crippen LogP contribution in [0.15, 0.2) is 126 Å². The van der Waals surface area contributed by atoms with Gasteiger partial charge in [0.25, 0.3) is 0 Å². The third-order valence-corrected chi connectivity index (χ3v) is 9.02. The van der Waals surface area contributed by atoms with E-state index in [1.807, 2.05) is 6.20 Å². The summed E-state index contributed by atoms with van der Waals surface area (Å²) in [6.45, 7) is 9.13. The lowest BCUT2D eigenvalue weighted by molar-refractivity contribution is 0.673. The summed E-state index contributed by atoms with van der Waals surface area (Å²) >= 11 is 0. The van der Waals surface area contributed by atoms with E-state index in [-0.39, 0.29) is 0 Å². The van der Waals surface area contributed by atoms with Crippen LogP contribution in [-0.2, 0) is 0 Å². The molecule has 0 aliphatic heterocycles. The van der Waals surface area contributed by atoms with Crippen molar-refractivity contribution in [2.24, 2.45) is 0 Å². The molecule has 2 aromatic heterocycles. The van der Waals surface area contributed by atoms with E-state index in [1.54, 1.807) is 0 Å². The molecule has 214 valence electrons. The van der Waals surface area contributed by atoms with Gasteiger partial charge in [-0.1, -0.05) is 119 Å². The Kier molecular flexibility index (Phi) is 6.16. The molecule has 3 heteroatoms. The number of benzene rings is 6. The molecule has 0 saturated carbocycles. The molecule has 2 heterocycles. The van der Waals surface area contributed by atoms with Crippen molar-refractivity contribution in [3.05, 3.63) is 133 Å². The quantitative estimate of drug-likeness (QED) is 0.193. The highest BCUT2D eigenvalue weighted by Gasteiger charge is 2.24. The number of fused-ring (bicyclic) bond motifs is 8. The standard InChI is InChI=1S/C41H34N2O/c1-25(2)35-23-28(27-13-6-5-7-14-27)24-36(26(3)4)38(35)43-22-21-42-41(43)34-20-12-19-33-37-31-17-10-8-15-29(31)30-16-9-11-18-32(30)40(37)44-39(33)34/h5-26H,1-4H3. The highest BCUT2D eigenvalue weighted by Crippen LogP contribution is 2.44. The number of aromatic nitrogens is 2. The van der Waals surface area contributed by atoms with E-state index in [1.165, 1.54) is 44.1 Å². The van der Waals surface area contributed by atoms with Crippen LogP contribution in [0.3, 0.4) is 0 Å². The Morgan fingerprint density at radius 3 is 1.84 bits per heavy atom. The summed E-state index contributed by atoms with van der Waals surface area (Å²) in [4.78, 5) is 4.99. The van der Waals surface area contributed by atoms with Gasteiger partial charge in [0.05, 0.1) is 11.3 Å². The Labute approximate surface area is 257 Å². The van der Waals surface area contributed by atoms with Crippen LogP contribution in [0.5, 0.6) is 0 Å². The van der Waals surface area contributed by atoms with Gasteiger partial charge in [-0.3, -0.25) is 4.57 Å².